The number of likely N-dealkylation sites (N-methyl/N-ethyl adjacent to an activating group) is 1. The van der Waals surface area contributed by atoms with Gasteiger partial charge in [0.05, 0.1) is 6.20 Å². The fourth-order valence-corrected chi connectivity index (χ4v) is 2.81. The number of pyridine rings is 1. The van der Waals surface area contributed by atoms with E-state index in [-0.39, 0.29) is 5.75 Å². The first kappa shape index (κ1) is 17.9. The second-order valence-electron chi connectivity index (χ2n) is 6.29. The van der Waals surface area contributed by atoms with E-state index in [1.54, 1.807) is 6.07 Å². The predicted octanol–water partition coefficient (Wildman–Crippen LogP) is 2.37. The number of hydrogen-bond acceptors (Lipinski definition) is 5. The van der Waals surface area contributed by atoms with Gasteiger partial charge in [0.1, 0.15) is 11.6 Å². The third-order valence-corrected chi connectivity index (χ3v) is 4.23. The van der Waals surface area contributed by atoms with Gasteiger partial charge in [0.25, 0.3) is 0 Å². The zero-order valence-corrected chi connectivity index (χ0v) is 14.0. The van der Waals surface area contributed by atoms with E-state index >= 15 is 0 Å². The predicted molar refractivity (Wildman–Crippen MR) is 87.1 cm³/mol. The zero-order valence-electron chi connectivity index (χ0n) is 14.0. The highest BCUT2D eigenvalue weighted by molar-refractivity contribution is 5.37. The van der Waals surface area contributed by atoms with Crippen LogP contribution in [0.1, 0.15) is 13.8 Å². The molecule has 0 radical (unpaired) electrons. The number of aromatic nitrogens is 1. The van der Waals surface area contributed by atoms with Crippen LogP contribution in [-0.2, 0) is 0 Å². The minimum atomic E-state index is -2.82. The fraction of sp³-hybridized carbons (Fsp3) is 0.688. The molecule has 2 heterocycles. The van der Waals surface area contributed by atoms with Crippen LogP contribution >= 0.6 is 0 Å². The molecule has 7 heteroatoms. The first-order valence-electron chi connectivity index (χ1n) is 8.03. The maximum Gasteiger partial charge on any atom is 0.387 e. The van der Waals surface area contributed by atoms with E-state index < -0.39 is 6.61 Å². The van der Waals surface area contributed by atoms with Crippen LogP contribution in [0.2, 0.25) is 0 Å². The summed E-state index contributed by atoms with van der Waals surface area (Å²) in [6.45, 7) is 6.70. The van der Waals surface area contributed by atoms with Gasteiger partial charge in [-0.15, -0.1) is 0 Å². The minimum absolute atomic E-state index is 0.0741. The van der Waals surface area contributed by atoms with Gasteiger partial charge in [-0.2, -0.15) is 8.78 Å². The van der Waals surface area contributed by atoms with Gasteiger partial charge < -0.3 is 15.0 Å². The van der Waals surface area contributed by atoms with Crippen molar-refractivity contribution in [1.82, 2.24) is 14.8 Å². The van der Waals surface area contributed by atoms with Gasteiger partial charge >= 0.3 is 6.61 Å². The van der Waals surface area contributed by atoms with Crippen molar-refractivity contribution >= 4 is 5.82 Å². The van der Waals surface area contributed by atoms with Crippen molar-refractivity contribution < 1.29 is 13.5 Å². The molecule has 1 atom stereocenters. The quantitative estimate of drug-likeness (QED) is 0.832. The van der Waals surface area contributed by atoms with Crippen LogP contribution in [0.3, 0.4) is 0 Å². The maximum atomic E-state index is 12.1. The van der Waals surface area contributed by atoms with E-state index in [9.17, 15) is 8.78 Å². The van der Waals surface area contributed by atoms with Gasteiger partial charge in [-0.05, 0) is 25.1 Å². The van der Waals surface area contributed by atoms with Crippen LogP contribution in [0.5, 0.6) is 5.75 Å². The van der Waals surface area contributed by atoms with Crippen LogP contribution in [0.15, 0.2) is 18.3 Å². The molecule has 0 amide bonds. The highest BCUT2D eigenvalue weighted by Crippen LogP contribution is 2.17. The number of nitrogens with zero attached hydrogens (tertiary/aromatic N) is 3. The smallest absolute Gasteiger partial charge is 0.387 e. The first-order valence-corrected chi connectivity index (χ1v) is 8.03. The van der Waals surface area contributed by atoms with E-state index in [0.717, 1.165) is 32.7 Å². The molecule has 1 fully saturated rings. The van der Waals surface area contributed by atoms with Gasteiger partial charge in [-0.25, -0.2) is 4.98 Å². The summed E-state index contributed by atoms with van der Waals surface area (Å²) in [6, 6.07) is 3.59. The van der Waals surface area contributed by atoms with Crippen molar-refractivity contribution in [3.63, 3.8) is 0 Å². The molecular formula is C16H26F2N4O. The van der Waals surface area contributed by atoms with E-state index in [4.69, 9.17) is 0 Å². The highest BCUT2D eigenvalue weighted by Gasteiger charge is 2.24. The van der Waals surface area contributed by atoms with Crippen molar-refractivity contribution in [2.45, 2.75) is 26.5 Å². The molecule has 0 spiro atoms. The molecule has 0 aliphatic carbocycles. The Morgan fingerprint density at radius 3 is 2.43 bits per heavy atom. The Bertz CT molecular complexity index is 462. The SMILES string of the molecule is CC(C)C(CNc1ccc(OC(F)F)cn1)N1CCN(C)CC1. The molecule has 0 aromatic carbocycles. The highest BCUT2D eigenvalue weighted by atomic mass is 19.3. The zero-order chi connectivity index (χ0) is 16.8. The number of hydrogen-bond donors (Lipinski definition) is 1. The van der Waals surface area contributed by atoms with Gasteiger partial charge in [0.2, 0.25) is 0 Å². The number of anilines is 1. The molecule has 1 aliphatic rings. The van der Waals surface area contributed by atoms with Crippen LogP contribution in [0.25, 0.3) is 0 Å². The van der Waals surface area contributed by atoms with E-state index in [2.05, 4.69) is 45.7 Å². The third-order valence-electron chi connectivity index (χ3n) is 4.23. The Hall–Kier alpha value is -1.47. The van der Waals surface area contributed by atoms with Crippen molar-refractivity contribution in [2.75, 3.05) is 45.1 Å². The number of rotatable bonds is 7. The number of nitrogens with one attached hydrogen (secondary N) is 1. The van der Waals surface area contributed by atoms with Gasteiger partial charge in [-0.3, -0.25) is 4.90 Å². The van der Waals surface area contributed by atoms with Crippen molar-refractivity contribution in [3.8, 4) is 5.75 Å². The maximum absolute atomic E-state index is 12.1. The molecule has 0 saturated carbocycles. The number of halogens is 2. The second-order valence-corrected chi connectivity index (χ2v) is 6.29. The average molecular weight is 328 g/mol. The molecule has 1 aromatic rings. The lowest BCUT2D eigenvalue weighted by Crippen LogP contribution is -2.52. The second kappa shape index (κ2) is 8.40. The minimum Gasteiger partial charge on any atom is -0.433 e. The Morgan fingerprint density at radius 2 is 1.91 bits per heavy atom. The van der Waals surface area contributed by atoms with Crippen molar-refractivity contribution in [1.29, 1.82) is 0 Å². The Kier molecular flexibility index (Phi) is 6.53. The first-order chi connectivity index (χ1) is 11.0. The van der Waals surface area contributed by atoms with E-state index in [1.807, 2.05) is 0 Å². The van der Waals surface area contributed by atoms with Crippen molar-refractivity contribution in [3.05, 3.63) is 18.3 Å². The number of alkyl halides is 2. The average Bonchev–Trinajstić information content (AvgIpc) is 2.50. The molecule has 23 heavy (non-hydrogen) atoms. The molecule has 1 unspecified atom stereocenters. The lowest BCUT2D eigenvalue weighted by molar-refractivity contribution is -0.0500. The summed E-state index contributed by atoms with van der Waals surface area (Å²) in [5, 5.41) is 3.31. The summed E-state index contributed by atoms with van der Waals surface area (Å²) in [4.78, 5) is 8.97. The molecule has 130 valence electrons. The summed E-state index contributed by atoms with van der Waals surface area (Å²) >= 11 is 0. The standard InChI is InChI=1S/C16H26F2N4O/c1-12(2)14(22-8-6-21(3)7-9-22)11-20-15-5-4-13(10-19-15)23-16(17)18/h4-5,10,12,14,16H,6-9,11H2,1-3H3,(H,19,20). The van der Waals surface area contributed by atoms with Crippen LogP contribution < -0.4 is 10.1 Å². The Labute approximate surface area is 136 Å². The Morgan fingerprint density at radius 1 is 1.22 bits per heavy atom. The topological polar surface area (TPSA) is 40.6 Å². The van der Waals surface area contributed by atoms with Gasteiger partial charge in [-0.1, -0.05) is 13.8 Å². The summed E-state index contributed by atoms with van der Waals surface area (Å²) in [6.07, 6.45) is 1.31. The Balaban J connectivity index is 1.88. The lowest BCUT2D eigenvalue weighted by atomic mass is 10.0. The normalized spacial score (nSPS) is 18.4. The molecular weight excluding hydrogens is 302 g/mol. The monoisotopic (exact) mass is 328 g/mol. The number of ether oxygens (including phenoxy) is 1. The molecule has 1 aliphatic heterocycles. The molecule has 1 N–H and O–H groups in total. The van der Waals surface area contributed by atoms with Crippen molar-refractivity contribution in [2.24, 2.45) is 5.92 Å². The van der Waals surface area contributed by atoms with Crippen LogP contribution in [0, 0.1) is 5.92 Å². The van der Waals surface area contributed by atoms with Gasteiger partial charge in [0, 0.05) is 38.8 Å². The summed E-state index contributed by atoms with van der Waals surface area (Å²) in [7, 11) is 2.15. The molecule has 1 aromatic heterocycles. The molecule has 5 nitrogen and oxygen atoms in total. The van der Waals surface area contributed by atoms with Crippen LogP contribution in [-0.4, -0.2) is 67.2 Å². The van der Waals surface area contributed by atoms with E-state index in [1.165, 1.54) is 12.3 Å². The molecule has 1 saturated heterocycles. The summed E-state index contributed by atoms with van der Waals surface area (Å²) < 4.78 is 28.5. The van der Waals surface area contributed by atoms with Crippen LogP contribution in [0.4, 0.5) is 14.6 Å². The summed E-state index contributed by atoms with van der Waals surface area (Å²) in [5.74, 6) is 1.27. The third kappa shape index (κ3) is 5.58. The molecule has 2 rings (SSSR count). The fourth-order valence-electron chi connectivity index (χ4n) is 2.81. The van der Waals surface area contributed by atoms with E-state index in [0.29, 0.717) is 17.8 Å². The van der Waals surface area contributed by atoms with Gasteiger partial charge in [0.15, 0.2) is 0 Å². The largest absolute Gasteiger partial charge is 0.433 e. The molecule has 0 bridgehead atoms. The lowest BCUT2D eigenvalue weighted by Gasteiger charge is -2.40. The summed E-state index contributed by atoms with van der Waals surface area (Å²) in [5.41, 5.74) is 0. The number of piperazine rings is 1.